The molecule has 0 aliphatic carbocycles. The summed E-state index contributed by atoms with van der Waals surface area (Å²) in [4.78, 5) is 8.14. The van der Waals surface area contributed by atoms with Crippen molar-refractivity contribution in [2.24, 2.45) is 0 Å². The lowest BCUT2D eigenvalue weighted by Gasteiger charge is -2.10. The molecule has 0 amide bonds. The summed E-state index contributed by atoms with van der Waals surface area (Å²) in [6, 6.07) is 2.72. The van der Waals surface area contributed by atoms with E-state index in [4.69, 9.17) is 0 Å². The molecule has 0 saturated carbocycles. The van der Waals surface area contributed by atoms with Crippen molar-refractivity contribution in [3.05, 3.63) is 41.5 Å². The van der Waals surface area contributed by atoms with Crippen LogP contribution in [0.3, 0.4) is 0 Å². The molecule has 0 radical (unpaired) electrons. The fraction of sp³-hybridized carbons (Fsp3) is 0.231. The van der Waals surface area contributed by atoms with Gasteiger partial charge in [0, 0.05) is 24.7 Å². The molecule has 4 nitrogen and oxygen atoms in total. The maximum Gasteiger partial charge on any atom is 0.152 e. The first-order valence-corrected chi connectivity index (χ1v) is 6.00. The van der Waals surface area contributed by atoms with Crippen LogP contribution in [-0.2, 0) is 0 Å². The summed E-state index contributed by atoms with van der Waals surface area (Å²) in [6.45, 7) is 4.20. The molecule has 0 aliphatic heterocycles. The van der Waals surface area contributed by atoms with Crippen LogP contribution in [0.25, 0.3) is 0 Å². The minimum atomic E-state index is -1.02. The standard InChI is InChI=1S/C13H13F3N4/c1-3-17-11-6-12(19-7(2)18-11)20-13-9(15)4-8(14)5-10(13)16/h4-6H,3H2,1-2H3,(H2,17,18,19,20). The van der Waals surface area contributed by atoms with Gasteiger partial charge in [0.25, 0.3) is 0 Å². The minimum absolute atomic E-state index is 0.220. The summed E-state index contributed by atoms with van der Waals surface area (Å²) in [5.41, 5.74) is -0.452. The molecule has 0 fully saturated rings. The SMILES string of the molecule is CCNc1cc(Nc2c(F)cc(F)cc2F)nc(C)n1. The molecule has 2 N–H and O–H groups in total. The van der Waals surface area contributed by atoms with Crippen molar-refractivity contribution in [2.75, 3.05) is 17.2 Å². The Balaban J connectivity index is 2.35. The third kappa shape index (κ3) is 3.17. The maximum atomic E-state index is 13.5. The number of anilines is 3. The summed E-state index contributed by atoms with van der Waals surface area (Å²) in [7, 11) is 0. The lowest BCUT2D eigenvalue weighted by molar-refractivity contribution is 0.548. The average molecular weight is 282 g/mol. The number of nitrogens with zero attached hydrogens (tertiary/aromatic N) is 2. The van der Waals surface area contributed by atoms with Gasteiger partial charge in [-0.1, -0.05) is 0 Å². The molecule has 0 atom stereocenters. The van der Waals surface area contributed by atoms with E-state index in [-0.39, 0.29) is 5.82 Å². The van der Waals surface area contributed by atoms with Gasteiger partial charge in [0.2, 0.25) is 0 Å². The van der Waals surface area contributed by atoms with Gasteiger partial charge in [0.15, 0.2) is 11.6 Å². The molecule has 0 aliphatic rings. The van der Waals surface area contributed by atoms with Gasteiger partial charge < -0.3 is 10.6 Å². The van der Waals surface area contributed by atoms with Gasteiger partial charge in [-0.25, -0.2) is 23.1 Å². The van der Waals surface area contributed by atoms with Crippen LogP contribution >= 0.6 is 0 Å². The first kappa shape index (κ1) is 14.1. The van der Waals surface area contributed by atoms with E-state index in [1.807, 2.05) is 6.92 Å². The molecule has 0 unspecified atom stereocenters. The highest BCUT2D eigenvalue weighted by atomic mass is 19.1. The van der Waals surface area contributed by atoms with Crippen molar-refractivity contribution in [3.63, 3.8) is 0 Å². The molecule has 1 aromatic carbocycles. The van der Waals surface area contributed by atoms with Crippen molar-refractivity contribution < 1.29 is 13.2 Å². The highest BCUT2D eigenvalue weighted by Gasteiger charge is 2.13. The molecule has 2 aromatic rings. The molecular formula is C13H13F3N4. The van der Waals surface area contributed by atoms with Crippen LogP contribution in [0, 0.1) is 24.4 Å². The van der Waals surface area contributed by atoms with Gasteiger partial charge in [-0.2, -0.15) is 0 Å². The van der Waals surface area contributed by atoms with Crippen molar-refractivity contribution in [2.45, 2.75) is 13.8 Å². The number of rotatable bonds is 4. The Morgan fingerprint density at radius 3 is 2.20 bits per heavy atom. The molecule has 0 spiro atoms. The molecule has 1 aromatic heterocycles. The third-order valence-electron chi connectivity index (χ3n) is 2.46. The number of aromatic nitrogens is 2. The molecule has 106 valence electrons. The smallest absolute Gasteiger partial charge is 0.152 e. The van der Waals surface area contributed by atoms with E-state index in [2.05, 4.69) is 20.6 Å². The van der Waals surface area contributed by atoms with E-state index in [9.17, 15) is 13.2 Å². The predicted molar refractivity (Wildman–Crippen MR) is 70.5 cm³/mol. The Hall–Kier alpha value is -2.31. The molecule has 2 rings (SSSR count). The topological polar surface area (TPSA) is 49.8 Å². The quantitative estimate of drug-likeness (QED) is 0.902. The third-order valence-corrected chi connectivity index (χ3v) is 2.46. The zero-order chi connectivity index (χ0) is 14.7. The minimum Gasteiger partial charge on any atom is -0.370 e. The number of hydrogen-bond acceptors (Lipinski definition) is 4. The van der Waals surface area contributed by atoms with Crippen LogP contribution in [0.5, 0.6) is 0 Å². The van der Waals surface area contributed by atoms with E-state index in [0.29, 0.717) is 30.3 Å². The Bertz CT molecular complexity index is 608. The van der Waals surface area contributed by atoms with E-state index in [1.54, 1.807) is 6.92 Å². The Morgan fingerprint density at radius 2 is 1.60 bits per heavy atom. The summed E-state index contributed by atoms with van der Waals surface area (Å²) in [5, 5.41) is 5.47. The van der Waals surface area contributed by atoms with Gasteiger partial charge in [0.1, 0.15) is 29.0 Å². The molecular weight excluding hydrogens is 269 g/mol. The number of hydrogen-bond donors (Lipinski definition) is 2. The second kappa shape index (κ2) is 5.77. The van der Waals surface area contributed by atoms with E-state index in [1.165, 1.54) is 6.07 Å². The zero-order valence-corrected chi connectivity index (χ0v) is 11.0. The van der Waals surface area contributed by atoms with Gasteiger partial charge >= 0.3 is 0 Å². The largest absolute Gasteiger partial charge is 0.370 e. The first-order chi connectivity index (χ1) is 9.49. The summed E-state index contributed by atoms with van der Waals surface area (Å²) in [5.74, 6) is -1.83. The van der Waals surface area contributed by atoms with Crippen LogP contribution in [0.15, 0.2) is 18.2 Å². The van der Waals surface area contributed by atoms with Crippen LogP contribution in [0.1, 0.15) is 12.7 Å². The number of aryl methyl sites for hydroxylation is 1. The molecule has 0 bridgehead atoms. The predicted octanol–water partition coefficient (Wildman–Crippen LogP) is 3.38. The van der Waals surface area contributed by atoms with Gasteiger partial charge in [-0.15, -0.1) is 0 Å². The summed E-state index contributed by atoms with van der Waals surface area (Å²) >= 11 is 0. The van der Waals surface area contributed by atoms with E-state index in [0.717, 1.165) is 0 Å². The molecule has 20 heavy (non-hydrogen) atoms. The molecule has 0 saturated heterocycles. The lowest BCUT2D eigenvalue weighted by atomic mass is 10.2. The summed E-state index contributed by atoms with van der Waals surface area (Å²) < 4.78 is 39.9. The van der Waals surface area contributed by atoms with Crippen molar-refractivity contribution >= 4 is 17.3 Å². The number of nitrogens with one attached hydrogen (secondary N) is 2. The number of halogens is 3. The normalized spacial score (nSPS) is 10.4. The van der Waals surface area contributed by atoms with Crippen molar-refractivity contribution in [1.29, 1.82) is 0 Å². The maximum absolute atomic E-state index is 13.5. The van der Waals surface area contributed by atoms with Crippen LogP contribution < -0.4 is 10.6 Å². The van der Waals surface area contributed by atoms with Gasteiger partial charge in [-0.3, -0.25) is 0 Å². The van der Waals surface area contributed by atoms with Crippen LogP contribution in [0.4, 0.5) is 30.5 Å². The fourth-order valence-corrected chi connectivity index (χ4v) is 1.69. The zero-order valence-electron chi connectivity index (χ0n) is 11.0. The Morgan fingerprint density at radius 1 is 1.00 bits per heavy atom. The number of benzene rings is 1. The van der Waals surface area contributed by atoms with Crippen LogP contribution in [0.2, 0.25) is 0 Å². The van der Waals surface area contributed by atoms with E-state index < -0.39 is 23.1 Å². The monoisotopic (exact) mass is 282 g/mol. The van der Waals surface area contributed by atoms with Crippen molar-refractivity contribution in [3.8, 4) is 0 Å². The fourth-order valence-electron chi connectivity index (χ4n) is 1.69. The first-order valence-electron chi connectivity index (χ1n) is 6.00. The average Bonchev–Trinajstić information content (AvgIpc) is 2.33. The second-order valence-electron chi connectivity index (χ2n) is 4.09. The summed E-state index contributed by atoms with van der Waals surface area (Å²) in [6.07, 6.45) is 0. The highest BCUT2D eigenvalue weighted by Crippen LogP contribution is 2.24. The second-order valence-corrected chi connectivity index (χ2v) is 4.09. The highest BCUT2D eigenvalue weighted by molar-refractivity contribution is 5.60. The Kier molecular flexibility index (Phi) is 4.07. The molecule has 1 heterocycles. The van der Waals surface area contributed by atoms with Gasteiger partial charge in [-0.05, 0) is 13.8 Å². The van der Waals surface area contributed by atoms with Crippen LogP contribution in [-0.4, -0.2) is 16.5 Å². The van der Waals surface area contributed by atoms with Gasteiger partial charge in [0.05, 0.1) is 0 Å². The lowest BCUT2D eigenvalue weighted by Crippen LogP contribution is -2.05. The molecule has 7 heteroatoms. The van der Waals surface area contributed by atoms with Crippen molar-refractivity contribution in [1.82, 2.24) is 9.97 Å². The van der Waals surface area contributed by atoms with E-state index >= 15 is 0 Å². The Labute approximate surface area is 114 Å².